The molecule has 1 aliphatic heterocycles. The summed E-state index contributed by atoms with van der Waals surface area (Å²) in [5.41, 5.74) is 5.98. The number of ketones is 1. The molecule has 3 nitrogen and oxygen atoms in total. The van der Waals surface area contributed by atoms with Crippen LogP contribution in [0.15, 0.2) is 41.0 Å². The highest BCUT2D eigenvalue weighted by atomic mass is 16.7. The summed E-state index contributed by atoms with van der Waals surface area (Å²) in [6, 6.07) is 6.53. The maximum atomic E-state index is 12.2. The first kappa shape index (κ1) is 23.3. The Morgan fingerprint density at radius 3 is 2.68 bits per heavy atom. The molecule has 0 amide bonds. The Labute approximate surface area is 205 Å². The molecule has 5 unspecified atom stereocenters. The van der Waals surface area contributed by atoms with Crippen LogP contribution < -0.4 is 9.47 Å². The highest BCUT2D eigenvalue weighted by Gasteiger charge is 2.55. The molecule has 0 bridgehead atoms. The lowest BCUT2D eigenvalue weighted by Gasteiger charge is -2.54. The molecule has 1 heterocycles. The zero-order valence-electron chi connectivity index (χ0n) is 21.2. The van der Waals surface area contributed by atoms with Gasteiger partial charge in [0.25, 0.3) is 0 Å². The van der Waals surface area contributed by atoms with Crippen molar-refractivity contribution in [3.8, 4) is 23.3 Å². The van der Waals surface area contributed by atoms with Gasteiger partial charge in [0.15, 0.2) is 17.3 Å². The second-order valence-corrected chi connectivity index (χ2v) is 10.9. The van der Waals surface area contributed by atoms with Gasteiger partial charge in [-0.05, 0) is 97.6 Å². The van der Waals surface area contributed by atoms with Crippen molar-refractivity contribution >= 4 is 5.78 Å². The number of allylic oxidation sites excluding steroid dienone is 4. The first-order valence-electron chi connectivity index (χ1n) is 13.3. The minimum Gasteiger partial charge on any atom is -0.454 e. The SMILES string of the molecule is CC#CC1CCC2C1CC(c1ccc3c(c1)OCO3)C1=C3CCC(=O)C=C3CCC12C.CCC. The molecule has 4 aliphatic carbocycles. The number of hydrogen-bond donors (Lipinski definition) is 0. The fraction of sp³-hybridized carbons (Fsp3) is 0.581. The summed E-state index contributed by atoms with van der Waals surface area (Å²) in [5, 5.41) is 0. The molecule has 0 spiro atoms. The average Bonchev–Trinajstić information content (AvgIpc) is 3.46. The van der Waals surface area contributed by atoms with Crippen LogP contribution in [0.5, 0.6) is 11.5 Å². The van der Waals surface area contributed by atoms with Gasteiger partial charge in [0, 0.05) is 18.3 Å². The summed E-state index contributed by atoms with van der Waals surface area (Å²) in [6.45, 7) is 9.07. The van der Waals surface area contributed by atoms with E-state index < -0.39 is 0 Å². The molecule has 5 aliphatic rings. The zero-order chi connectivity index (χ0) is 23.9. The van der Waals surface area contributed by atoms with Gasteiger partial charge in [-0.3, -0.25) is 4.79 Å². The third kappa shape index (κ3) is 3.80. The van der Waals surface area contributed by atoms with Crippen molar-refractivity contribution in [3.63, 3.8) is 0 Å². The Morgan fingerprint density at radius 2 is 1.88 bits per heavy atom. The molecule has 0 saturated heterocycles. The van der Waals surface area contributed by atoms with Crippen molar-refractivity contribution in [2.45, 2.75) is 85.0 Å². The second-order valence-electron chi connectivity index (χ2n) is 10.9. The van der Waals surface area contributed by atoms with Gasteiger partial charge in [-0.2, -0.15) is 0 Å². The van der Waals surface area contributed by atoms with Gasteiger partial charge in [0.05, 0.1) is 0 Å². The maximum absolute atomic E-state index is 12.2. The van der Waals surface area contributed by atoms with Crippen LogP contribution in [0.3, 0.4) is 0 Å². The van der Waals surface area contributed by atoms with Crippen molar-refractivity contribution < 1.29 is 14.3 Å². The molecule has 5 atom stereocenters. The molecule has 3 heteroatoms. The minimum atomic E-state index is 0.196. The second kappa shape index (κ2) is 9.29. The predicted molar refractivity (Wildman–Crippen MR) is 136 cm³/mol. The van der Waals surface area contributed by atoms with Gasteiger partial charge in [-0.1, -0.05) is 44.8 Å². The number of hydrogen-bond acceptors (Lipinski definition) is 3. The molecular formula is C31H38O3. The lowest BCUT2D eigenvalue weighted by molar-refractivity contribution is -0.114. The van der Waals surface area contributed by atoms with E-state index in [9.17, 15) is 4.79 Å². The lowest BCUT2D eigenvalue weighted by Crippen LogP contribution is -2.44. The summed E-state index contributed by atoms with van der Waals surface area (Å²) in [5.74, 6) is 11.0. The van der Waals surface area contributed by atoms with Crippen LogP contribution in [-0.4, -0.2) is 12.6 Å². The Hall–Kier alpha value is -2.47. The van der Waals surface area contributed by atoms with E-state index >= 15 is 0 Å². The minimum absolute atomic E-state index is 0.196. The van der Waals surface area contributed by atoms with E-state index in [4.69, 9.17) is 9.47 Å². The number of benzene rings is 1. The molecule has 0 N–H and O–H groups in total. The third-order valence-electron chi connectivity index (χ3n) is 8.82. The number of carbonyl (C=O) groups is 1. The van der Waals surface area contributed by atoms with E-state index in [0.717, 1.165) is 37.2 Å². The van der Waals surface area contributed by atoms with Gasteiger partial charge in [-0.25, -0.2) is 0 Å². The van der Waals surface area contributed by atoms with Crippen molar-refractivity contribution in [3.05, 3.63) is 46.6 Å². The normalized spacial score (nSPS) is 32.9. The predicted octanol–water partition coefficient (Wildman–Crippen LogP) is 7.37. The molecule has 2 saturated carbocycles. The van der Waals surface area contributed by atoms with E-state index in [1.165, 1.54) is 36.0 Å². The van der Waals surface area contributed by atoms with Crippen LogP contribution in [0, 0.1) is 35.0 Å². The molecule has 180 valence electrons. The van der Waals surface area contributed by atoms with E-state index in [0.29, 0.717) is 42.7 Å². The average molecular weight is 459 g/mol. The largest absolute Gasteiger partial charge is 0.454 e. The van der Waals surface area contributed by atoms with Crippen LogP contribution in [0.1, 0.15) is 90.5 Å². The van der Waals surface area contributed by atoms with Gasteiger partial charge in [0.1, 0.15) is 0 Å². The third-order valence-corrected chi connectivity index (χ3v) is 8.82. The fourth-order valence-corrected chi connectivity index (χ4v) is 7.53. The monoisotopic (exact) mass is 458 g/mol. The Balaban J connectivity index is 0.000000764. The maximum Gasteiger partial charge on any atom is 0.231 e. The quantitative estimate of drug-likeness (QED) is 0.412. The van der Waals surface area contributed by atoms with E-state index in [1.54, 1.807) is 5.57 Å². The molecule has 6 rings (SSSR count). The summed E-state index contributed by atoms with van der Waals surface area (Å²) in [6.07, 6.45) is 10.6. The smallest absolute Gasteiger partial charge is 0.231 e. The van der Waals surface area contributed by atoms with E-state index in [1.807, 2.05) is 13.0 Å². The highest BCUT2D eigenvalue weighted by Crippen LogP contribution is 2.66. The van der Waals surface area contributed by atoms with Gasteiger partial charge < -0.3 is 9.47 Å². The lowest BCUT2D eigenvalue weighted by atomic mass is 9.50. The zero-order valence-corrected chi connectivity index (χ0v) is 21.2. The summed E-state index contributed by atoms with van der Waals surface area (Å²) in [7, 11) is 0. The molecule has 1 aromatic carbocycles. The Bertz CT molecular complexity index is 1100. The number of fused-ring (bicyclic) bond motifs is 5. The Morgan fingerprint density at radius 1 is 1.09 bits per heavy atom. The van der Waals surface area contributed by atoms with E-state index in [-0.39, 0.29) is 5.41 Å². The number of rotatable bonds is 1. The molecule has 0 radical (unpaired) electrons. The van der Waals surface area contributed by atoms with Crippen LogP contribution in [0.25, 0.3) is 0 Å². The first-order chi connectivity index (χ1) is 16.5. The van der Waals surface area contributed by atoms with Crippen molar-refractivity contribution in [1.29, 1.82) is 0 Å². The highest BCUT2D eigenvalue weighted by molar-refractivity contribution is 5.93. The van der Waals surface area contributed by atoms with Crippen LogP contribution in [-0.2, 0) is 4.79 Å². The Kier molecular flexibility index (Phi) is 6.36. The topological polar surface area (TPSA) is 35.5 Å². The number of ether oxygens (including phenoxy) is 2. The van der Waals surface area contributed by atoms with Gasteiger partial charge >= 0.3 is 0 Å². The fourth-order valence-electron chi connectivity index (χ4n) is 7.53. The molecule has 34 heavy (non-hydrogen) atoms. The van der Waals surface area contributed by atoms with Crippen molar-refractivity contribution in [1.82, 2.24) is 0 Å². The standard InChI is InChI=1S/C28H30O3.C3H8/c1-3-4-17-5-9-24-22(17)15-23(18-6-10-25-26(14-18)31-16-30-25)27-21-8-7-20(29)13-19(21)11-12-28(24,27)2;1-3-2/h6,10,13-14,17,22-24H,5,7-9,11-12,15-16H2,1-2H3;3H2,1-2H3. The number of carbonyl (C=O) groups excluding carboxylic acids is 1. The van der Waals surface area contributed by atoms with Crippen LogP contribution in [0.4, 0.5) is 0 Å². The van der Waals surface area contributed by atoms with Gasteiger partial charge in [-0.15, -0.1) is 5.92 Å². The van der Waals surface area contributed by atoms with Crippen LogP contribution in [0.2, 0.25) is 0 Å². The van der Waals surface area contributed by atoms with Gasteiger partial charge in [0.2, 0.25) is 6.79 Å². The molecule has 0 aromatic heterocycles. The first-order valence-corrected chi connectivity index (χ1v) is 13.3. The van der Waals surface area contributed by atoms with E-state index in [2.05, 4.69) is 50.8 Å². The van der Waals surface area contributed by atoms with Crippen LogP contribution >= 0.6 is 0 Å². The molecule has 1 aromatic rings. The molecule has 2 fully saturated rings. The van der Waals surface area contributed by atoms with Crippen molar-refractivity contribution in [2.24, 2.45) is 23.2 Å². The summed E-state index contributed by atoms with van der Waals surface area (Å²) in [4.78, 5) is 12.2. The summed E-state index contributed by atoms with van der Waals surface area (Å²) >= 11 is 0. The summed E-state index contributed by atoms with van der Waals surface area (Å²) < 4.78 is 11.3. The van der Waals surface area contributed by atoms with Crippen molar-refractivity contribution in [2.75, 3.05) is 6.79 Å². The molecular weight excluding hydrogens is 420 g/mol.